The maximum atomic E-state index is 12.1. The summed E-state index contributed by atoms with van der Waals surface area (Å²) in [6, 6.07) is 11.8. The molecule has 104 valence electrons. The van der Waals surface area contributed by atoms with Crippen LogP contribution in [0.4, 0.5) is 0 Å². The summed E-state index contributed by atoms with van der Waals surface area (Å²) < 4.78 is 0. The van der Waals surface area contributed by atoms with E-state index in [9.17, 15) is 10.1 Å². The van der Waals surface area contributed by atoms with Crippen LogP contribution in [0.3, 0.4) is 0 Å². The molecule has 1 aromatic carbocycles. The van der Waals surface area contributed by atoms with Gasteiger partial charge in [-0.2, -0.15) is 5.26 Å². The van der Waals surface area contributed by atoms with Crippen molar-refractivity contribution in [3.05, 3.63) is 47.5 Å². The van der Waals surface area contributed by atoms with Crippen LogP contribution in [0.25, 0.3) is 0 Å². The number of nitriles is 1. The molecule has 3 nitrogen and oxygen atoms in total. The van der Waals surface area contributed by atoms with Crippen LogP contribution in [0.5, 0.6) is 0 Å². The van der Waals surface area contributed by atoms with Gasteiger partial charge in [-0.05, 0) is 24.8 Å². The van der Waals surface area contributed by atoms with E-state index in [0.29, 0.717) is 12.3 Å². The first-order valence-electron chi connectivity index (χ1n) is 7.01. The highest BCUT2D eigenvalue weighted by molar-refractivity contribution is 5.79. The summed E-state index contributed by atoms with van der Waals surface area (Å²) in [5.41, 5.74) is 2.08. The number of carbonyl (C=O) groups excluding carboxylic acids is 1. The van der Waals surface area contributed by atoms with Crippen LogP contribution in [0.15, 0.2) is 42.0 Å². The van der Waals surface area contributed by atoms with E-state index in [-0.39, 0.29) is 17.9 Å². The van der Waals surface area contributed by atoms with Gasteiger partial charge >= 0.3 is 0 Å². The van der Waals surface area contributed by atoms with Gasteiger partial charge in [-0.15, -0.1) is 0 Å². The van der Waals surface area contributed by atoms with E-state index in [1.54, 1.807) is 0 Å². The number of benzene rings is 1. The molecule has 1 amide bonds. The Kier molecular flexibility index (Phi) is 4.57. The van der Waals surface area contributed by atoms with Gasteiger partial charge < -0.3 is 5.32 Å². The Bertz CT molecular complexity index is 542. The lowest BCUT2D eigenvalue weighted by Gasteiger charge is -2.30. The molecule has 0 fully saturated rings. The van der Waals surface area contributed by atoms with E-state index in [4.69, 9.17) is 0 Å². The third-order valence-electron chi connectivity index (χ3n) is 3.76. The quantitative estimate of drug-likeness (QED) is 0.857. The third kappa shape index (κ3) is 3.48. The van der Waals surface area contributed by atoms with E-state index in [0.717, 1.165) is 17.6 Å². The van der Waals surface area contributed by atoms with Crippen LogP contribution >= 0.6 is 0 Å². The van der Waals surface area contributed by atoms with Crippen molar-refractivity contribution in [2.75, 3.05) is 0 Å². The van der Waals surface area contributed by atoms with E-state index >= 15 is 0 Å². The summed E-state index contributed by atoms with van der Waals surface area (Å²) in [7, 11) is 0. The van der Waals surface area contributed by atoms with Crippen LogP contribution in [-0.4, -0.2) is 11.9 Å². The van der Waals surface area contributed by atoms with Crippen molar-refractivity contribution in [1.29, 1.82) is 5.26 Å². The van der Waals surface area contributed by atoms with Gasteiger partial charge in [-0.3, -0.25) is 4.79 Å². The normalized spacial score (nSPS) is 25.4. The van der Waals surface area contributed by atoms with Gasteiger partial charge in [-0.25, -0.2) is 0 Å². The van der Waals surface area contributed by atoms with E-state index in [1.165, 1.54) is 0 Å². The van der Waals surface area contributed by atoms with Gasteiger partial charge in [0.15, 0.2) is 0 Å². The molecule has 0 spiro atoms. The molecule has 1 aromatic rings. The SMILES string of the molecule is CC1=CC(C)CC(C#N)C1NC(=O)Cc1ccccc1. The Morgan fingerprint density at radius 3 is 2.75 bits per heavy atom. The van der Waals surface area contributed by atoms with Crippen molar-refractivity contribution in [3.8, 4) is 6.07 Å². The van der Waals surface area contributed by atoms with Crippen molar-refractivity contribution < 1.29 is 4.79 Å². The number of nitrogens with zero attached hydrogens (tertiary/aromatic N) is 1. The van der Waals surface area contributed by atoms with Crippen LogP contribution in [0, 0.1) is 23.2 Å². The number of carbonyl (C=O) groups is 1. The number of hydrogen-bond acceptors (Lipinski definition) is 2. The number of allylic oxidation sites excluding steroid dienone is 1. The topological polar surface area (TPSA) is 52.9 Å². The van der Waals surface area contributed by atoms with Gasteiger partial charge in [0.25, 0.3) is 0 Å². The first-order chi connectivity index (χ1) is 9.60. The lowest BCUT2D eigenvalue weighted by Crippen LogP contribution is -2.43. The fourth-order valence-corrected chi connectivity index (χ4v) is 2.82. The molecular formula is C17H20N2O. The van der Waals surface area contributed by atoms with Gasteiger partial charge in [-0.1, -0.05) is 48.9 Å². The maximum absolute atomic E-state index is 12.1. The third-order valence-corrected chi connectivity index (χ3v) is 3.76. The first kappa shape index (κ1) is 14.3. The number of nitrogens with one attached hydrogen (secondary N) is 1. The predicted octanol–water partition coefficient (Wildman–Crippen LogP) is 2.84. The van der Waals surface area contributed by atoms with Crippen LogP contribution < -0.4 is 5.32 Å². The maximum Gasteiger partial charge on any atom is 0.224 e. The molecule has 3 atom stereocenters. The molecule has 0 saturated heterocycles. The highest BCUT2D eigenvalue weighted by Crippen LogP contribution is 2.27. The van der Waals surface area contributed by atoms with Crippen molar-refractivity contribution in [3.63, 3.8) is 0 Å². The molecule has 0 bridgehead atoms. The monoisotopic (exact) mass is 268 g/mol. The Labute approximate surface area is 120 Å². The zero-order valence-electron chi connectivity index (χ0n) is 12.0. The Morgan fingerprint density at radius 1 is 1.40 bits per heavy atom. The Balaban J connectivity index is 2.03. The zero-order chi connectivity index (χ0) is 14.5. The molecule has 0 aliphatic heterocycles. The summed E-state index contributed by atoms with van der Waals surface area (Å²) >= 11 is 0. The number of rotatable bonds is 3. The van der Waals surface area contributed by atoms with E-state index < -0.39 is 0 Å². The molecule has 0 radical (unpaired) electrons. The first-order valence-corrected chi connectivity index (χ1v) is 7.01. The number of amides is 1. The summed E-state index contributed by atoms with van der Waals surface area (Å²) in [6.07, 6.45) is 3.32. The molecule has 3 heteroatoms. The van der Waals surface area contributed by atoms with Crippen molar-refractivity contribution in [1.82, 2.24) is 5.32 Å². The lowest BCUT2D eigenvalue weighted by molar-refractivity contribution is -0.121. The highest BCUT2D eigenvalue weighted by Gasteiger charge is 2.29. The van der Waals surface area contributed by atoms with Gasteiger partial charge in [0.1, 0.15) is 0 Å². The summed E-state index contributed by atoms with van der Waals surface area (Å²) in [5.74, 6) is 0.250. The van der Waals surface area contributed by atoms with Crippen LogP contribution in [0.1, 0.15) is 25.8 Å². The molecule has 1 N–H and O–H groups in total. The van der Waals surface area contributed by atoms with Gasteiger partial charge in [0.05, 0.1) is 24.4 Å². The number of hydrogen-bond donors (Lipinski definition) is 1. The van der Waals surface area contributed by atoms with Gasteiger partial charge in [0, 0.05) is 0 Å². The Morgan fingerprint density at radius 2 is 2.10 bits per heavy atom. The van der Waals surface area contributed by atoms with Gasteiger partial charge in [0.2, 0.25) is 5.91 Å². The predicted molar refractivity (Wildman–Crippen MR) is 78.7 cm³/mol. The zero-order valence-corrected chi connectivity index (χ0v) is 12.0. The lowest BCUT2D eigenvalue weighted by atomic mass is 9.80. The van der Waals surface area contributed by atoms with Crippen LogP contribution in [-0.2, 0) is 11.2 Å². The standard InChI is InChI=1S/C17H20N2O/c1-12-8-13(2)17(15(9-12)11-18)19-16(20)10-14-6-4-3-5-7-14/h3-8,12,15,17H,9-10H2,1-2H3,(H,19,20). The molecule has 2 rings (SSSR count). The average Bonchev–Trinajstić information content (AvgIpc) is 2.42. The van der Waals surface area contributed by atoms with Crippen molar-refractivity contribution in [2.24, 2.45) is 11.8 Å². The van der Waals surface area contributed by atoms with Crippen LogP contribution in [0.2, 0.25) is 0 Å². The molecule has 0 aromatic heterocycles. The minimum atomic E-state index is -0.146. The average molecular weight is 268 g/mol. The van der Waals surface area contributed by atoms with Crippen molar-refractivity contribution in [2.45, 2.75) is 32.7 Å². The second-order valence-electron chi connectivity index (χ2n) is 5.57. The minimum Gasteiger partial charge on any atom is -0.348 e. The Hall–Kier alpha value is -2.08. The molecule has 1 aliphatic rings. The summed E-state index contributed by atoms with van der Waals surface area (Å²) in [5, 5.41) is 12.3. The second-order valence-corrected chi connectivity index (χ2v) is 5.57. The molecule has 1 aliphatic carbocycles. The molecule has 20 heavy (non-hydrogen) atoms. The molecule has 0 saturated carbocycles. The molecule has 3 unspecified atom stereocenters. The summed E-state index contributed by atoms with van der Waals surface area (Å²) in [6.45, 7) is 4.10. The minimum absolute atomic E-state index is 0.0243. The largest absolute Gasteiger partial charge is 0.348 e. The van der Waals surface area contributed by atoms with E-state index in [1.807, 2.05) is 37.3 Å². The molecular weight excluding hydrogens is 248 g/mol. The summed E-state index contributed by atoms with van der Waals surface area (Å²) in [4.78, 5) is 12.1. The fraction of sp³-hybridized carbons (Fsp3) is 0.412. The smallest absolute Gasteiger partial charge is 0.224 e. The fourth-order valence-electron chi connectivity index (χ4n) is 2.82. The highest BCUT2D eigenvalue weighted by atomic mass is 16.1. The van der Waals surface area contributed by atoms with Crippen molar-refractivity contribution >= 4 is 5.91 Å². The second kappa shape index (κ2) is 6.38. The molecule has 0 heterocycles. The van der Waals surface area contributed by atoms with E-state index in [2.05, 4.69) is 24.4 Å².